The molecule has 2 N–H and O–H groups in total. The number of rotatable bonds is 8. The molecule has 11 heteroatoms. The van der Waals surface area contributed by atoms with Gasteiger partial charge in [-0.3, -0.25) is 4.90 Å². The lowest BCUT2D eigenvalue weighted by atomic mass is 10.2. The fourth-order valence-electron chi connectivity index (χ4n) is 2.93. The van der Waals surface area contributed by atoms with Crippen LogP contribution in [0.15, 0.2) is 28.5 Å². The van der Waals surface area contributed by atoms with Crippen molar-refractivity contribution in [3.8, 4) is 5.75 Å². The van der Waals surface area contributed by atoms with E-state index >= 15 is 0 Å². The van der Waals surface area contributed by atoms with Crippen molar-refractivity contribution in [3.63, 3.8) is 0 Å². The van der Waals surface area contributed by atoms with Crippen molar-refractivity contribution in [2.24, 2.45) is 0 Å². The van der Waals surface area contributed by atoms with Crippen molar-refractivity contribution in [2.45, 2.75) is 37.0 Å². The van der Waals surface area contributed by atoms with Gasteiger partial charge in [-0.25, -0.2) is 22.9 Å². The van der Waals surface area contributed by atoms with Crippen LogP contribution in [-0.4, -0.2) is 52.3 Å². The molecule has 3 rings (SSSR count). The van der Waals surface area contributed by atoms with E-state index in [0.717, 1.165) is 24.2 Å². The standard InChI is InChI=1S/C19H26N4O5S2/c1-4-27-15-9-7-14(8-10-15)22-18(24)23(3)19-21-13(2)17(29-19)30(25,26)20-12-16-6-5-11-28-16/h7-10,16,20H,4-6,11-12H2,1-3H3,(H,22,24). The fourth-order valence-corrected chi connectivity index (χ4v) is 5.50. The highest BCUT2D eigenvalue weighted by Gasteiger charge is 2.26. The maximum absolute atomic E-state index is 12.7. The zero-order valence-electron chi connectivity index (χ0n) is 17.2. The molecule has 0 bridgehead atoms. The molecule has 1 unspecified atom stereocenters. The molecule has 1 aromatic heterocycles. The lowest BCUT2D eigenvalue weighted by Crippen LogP contribution is -2.31. The zero-order valence-corrected chi connectivity index (χ0v) is 18.8. The lowest BCUT2D eigenvalue weighted by Gasteiger charge is -2.15. The number of amides is 2. The molecule has 2 amide bonds. The van der Waals surface area contributed by atoms with Crippen LogP contribution < -0.4 is 19.7 Å². The van der Waals surface area contributed by atoms with Gasteiger partial charge >= 0.3 is 6.03 Å². The molecular weight excluding hydrogens is 428 g/mol. The van der Waals surface area contributed by atoms with E-state index in [4.69, 9.17) is 9.47 Å². The summed E-state index contributed by atoms with van der Waals surface area (Å²) in [6.45, 7) is 4.95. The Balaban J connectivity index is 1.65. The number of aryl methyl sites for hydroxylation is 1. The quantitative estimate of drug-likeness (QED) is 0.635. The first-order chi connectivity index (χ1) is 14.3. The summed E-state index contributed by atoms with van der Waals surface area (Å²) in [6.07, 6.45) is 1.67. The molecule has 9 nitrogen and oxygen atoms in total. The van der Waals surface area contributed by atoms with Crippen molar-refractivity contribution in [2.75, 3.05) is 37.0 Å². The summed E-state index contributed by atoms with van der Waals surface area (Å²) in [5.41, 5.74) is 0.935. The average Bonchev–Trinajstić information content (AvgIpc) is 3.37. The van der Waals surface area contributed by atoms with E-state index in [2.05, 4.69) is 15.0 Å². The summed E-state index contributed by atoms with van der Waals surface area (Å²) in [7, 11) is -2.19. The Morgan fingerprint density at radius 1 is 1.37 bits per heavy atom. The van der Waals surface area contributed by atoms with E-state index in [1.165, 1.54) is 4.90 Å². The van der Waals surface area contributed by atoms with Crippen LogP contribution in [0, 0.1) is 6.92 Å². The molecule has 0 saturated carbocycles. The first-order valence-corrected chi connectivity index (χ1v) is 12.0. The minimum absolute atomic E-state index is 0.0937. The minimum Gasteiger partial charge on any atom is -0.494 e. The molecule has 2 aromatic rings. The summed E-state index contributed by atoms with van der Waals surface area (Å²) in [4.78, 5) is 18.1. The first kappa shape index (κ1) is 22.5. The highest BCUT2D eigenvalue weighted by Crippen LogP contribution is 2.30. The van der Waals surface area contributed by atoms with Crippen molar-refractivity contribution in [3.05, 3.63) is 30.0 Å². The first-order valence-electron chi connectivity index (χ1n) is 9.66. The molecule has 1 fully saturated rings. The van der Waals surface area contributed by atoms with Crippen LogP contribution in [0.25, 0.3) is 0 Å². The maximum Gasteiger partial charge on any atom is 0.327 e. The van der Waals surface area contributed by atoms with Gasteiger partial charge in [-0.15, -0.1) is 0 Å². The van der Waals surface area contributed by atoms with Crippen molar-refractivity contribution in [1.82, 2.24) is 9.71 Å². The van der Waals surface area contributed by atoms with Gasteiger partial charge in [-0.1, -0.05) is 11.3 Å². The number of anilines is 2. The number of hydrogen-bond acceptors (Lipinski definition) is 7. The number of ether oxygens (including phenoxy) is 2. The number of urea groups is 1. The average molecular weight is 455 g/mol. The molecule has 1 saturated heterocycles. The predicted octanol–water partition coefficient (Wildman–Crippen LogP) is 2.98. The number of nitrogens with zero attached hydrogens (tertiary/aromatic N) is 2. The van der Waals surface area contributed by atoms with Gasteiger partial charge in [0.05, 0.1) is 18.4 Å². The second-order valence-corrected chi connectivity index (χ2v) is 9.74. The van der Waals surface area contributed by atoms with Gasteiger partial charge < -0.3 is 14.8 Å². The van der Waals surface area contributed by atoms with E-state index in [1.54, 1.807) is 38.2 Å². The van der Waals surface area contributed by atoms with Crippen LogP contribution in [0.3, 0.4) is 0 Å². The number of carbonyl (C=O) groups excluding carboxylic acids is 1. The second-order valence-electron chi connectivity index (χ2n) is 6.80. The Labute approximate surface area is 180 Å². The number of nitrogens with one attached hydrogen (secondary N) is 2. The Kier molecular flexibility index (Phi) is 7.29. The van der Waals surface area contributed by atoms with Gasteiger partial charge in [0, 0.05) is 25.9 Å². The van der Waals surface area contributed by atoms with Crippen LogP contribution in [0.4, 0.5) is 15.6 Å². The largest absolute Gasteiger partial charge is 0.494 e. The molecule has 1 aliphatic heterocycles. The predicted molar refractivity (Wildman–Crippen MR) is 116 cm³/mol. The summed E-state index contributed by atoms with van der Waals surface area (Å²) in [5.74, 6) is 0.713. The van der Waals surface area contributed by atoms with Gasteiger partial charge in [-0.05, 0) is 51.0 Å². The van der Waals surface area contributed by atoms with E-state index < -0.39 is 16.1 Å². The zero-order chi connectivity index (χ0) is 21.7. The SMILES string of the molecule is CCOc1ccc(NC(=O)N(C)c2nc(C)c(S(=O)(=O)NCC3CCCO3)s2)cc1. The Morgan fingerprint density at radius 2 is 2.10 bits per heavy atom. The van der Waals surface area contributed by atoms with E-state index in [9.17, 15) is 13.2 Å². The van der Waals surface area contributed by atoms with Gasteiger partial charge in [0.25, 0.3) is 10.0 Å². The number of benzene rings is 1. The van der Waals surface area contributed by atoms with Gasteiger partial charge in [0.2, 0.25) is 0 Å². The molecular formula is C19H26N4O5S2. The van der Waals surface area contributed by atoms with Gasteiger partial charge in [0.1, 0.15) is 5.75 Å². The third-order valence-electron chi connectivity index (χ3n) is 4.52. The van der Waals surface area contributed by atoms with E-state index in [-0.39, 0.29) is 22.0 Å². The fraction of sp³-hybridized carbons (Fsp3) is 0.474. The Hall–Kier alpha value is -2.21. The van der Waals surface area contributed by atoms with Crippen LogP contribution in [0.1, 0.15) is 25.5 Å². The molecule has 164 valence electrons. The molecule has 1 aromatic carbocycles. The van der Waals surface area contributed by atoms with Crippen LogP contribution >= 0.6 is 11.3 Å². The monoisotopic (exact) mass is 454 g/mol. The summed E-state index contributed by atoms with van der Waals surface area (Å²) in [6, 6.07) is 6.56. The molecule has 1 atom stereocenters. The molecule has 30 heavy (non-hydrogen) atoms. The number of carbonyl (C=O) groups is 1. The smallest absolute Gasteiger partial charge is 0.327 e. The minimum atomic E-state index is -3.73. The number of sulfonamides is 1. The van der Waals surface area contributed by atoms with E-state index in [1.807, 2.05) is 6.92 Å². The maximum atomic E-state index is 12.7. The summed E-state index contributed by atoms with van der Waals surface area (Å²) >= 11 is 0.948. The number of aromatic nitrogens is 1. The number of hydrogen-bond donors (Lipinski definition) is 2. The summed E-state index contributed by atoms with van der Waals surface area (Å²) in [5, 5.41) is 3.04. The molecule has 0 spiro atoms. The van der Waals surface area contributed by atoms with Crippen molar-refractivity contribution in [1.29, 1.82) is 0 Å². The van der Waals surface area contributed by atoms with Gasteiger partial charge in [-0.2, -0.15) is 0 Å². The van der Waals surface area contributed by atoms with E-state index in [0.29, 0.717) is 30.3 Å². The topological polar surface area (TPSA) is 110 Å². The third kappa shape index (κ3) is 5.48. The number of thiazole rings is 1. The normalized spacial score (nSPS) is 16.4. The van der Waals surface area contributed by atoms with Crippen molar-refractivity contribution < 1.29 is 22.7 Å². The van der Waals surface area contributed by atoms with Crippen LogP contribution in [0.2, 0.25) is 0 Å². The Bertz CT molecular complexity index is 969. The highest BCUT2D eigenvalue weighted by atomic mass is 32.2. The third-order valence-corrected chi connectivity index (χ3v) is 7.79. The molecule has 2 heterocycles. The Morgan fingerprint density at radius 3 is 2.73 bits per heavy atom. The van der Waals surface area contributed by atoms with Crippen LogP contribution in [-0.2, 0) is 14.8 Å². The van der Waals surface area contributed by atoms with Crippen molar-refractivity contribution >= 4 is 38.2 Å². The molecule has 1 aliphatic rings. The van der Waals surface area contributed by atoms with Gasteiger partial charge in [0.15, 0.2) is 9.34 Å². The summed E-state index contributed by atoms with van der Waals surface area (Å²) < 4.78 is 38.8. The second kappa shape index (κ2) is 9.73. The lowest BCUT2D eigenvalue weighted by molar-refractivity contribution is 0.114. The molecule has 0 radical (unpaired) electrons. The molecule has 0 aliphatic carbocycles. The van der Waals surface area contributed by atoms with Crippen LogP contribution in [0.5, 0.6) is 5.75 Å². The highest BCUT2D eigenvalue weighted by molar-refractivity contribution is 7.91.